The van der Waals surface area contributed by atoms with Crippen molar-refractivity contribution in [3.63, 3.8) is 0 Å². The molecule has 7 heteroatoms. The zero-order chi connectivity index (χ0) is 26.3. The summed E-state index contributed by atoms with van der Waals surface area (Å²) in [5.74, 6) is 0.834. The monoisotopic (exact) mass is 507 g/mol. The molecule has 0 amide bonds. The minimum absolute atomic E-state index is 0.449. The molecule has 0 unspecified atom stereocenters. The van der Waals surface area contributed by atoms with Gasteiger partial charge in [-0.15, -0.1) is 0 Å². The van der Waals surface area contributed by atoms with Crippen LogP contribution in [-0.4, -0.2) is 71.6 Å². The number of ether oxygens (including phenoxy) is 2. The lowest BCUT2D eigenvalue weighted by Gasteiger charge is -2.32. The molecule has 2 heterocycles. The highest BCUT2D eigenvalue weighted by Gasteiger charge is 2.29. The van der Waals surface area contributed by atoms with Gasteiger partial charge in [0.25, 0.3) is 0 Å². The number of aromatic nitrogens is 2. The Balaban J connectivity index is 1.31. The van der Waals surface area contributed by atoms with Gasteiger partial charge in [-0.25, -0.2) is 4.98 Å². The molecule has 1 saturated heterocycles. The summed E-state index contributed by atoms with van der Waals surface area (Å²) in [7, 11) is 0. The van der Waals surface area contributed by atoms with Crippen molar-refractivity contribution in [3.8, 4) is 0 Å². The standard InChI is InChI=1S/C30H41N3O4/c1-4-36-21-22-37-20-19-33-27-8-6-5-7-26(27)31-28(33)24-14-17-32(18-15-24)16-13-23-9-11-25(12-10-23)30(2,3)29(34)35/h5-12,24H,4,13-22H2,1-3H3,(H,34,35). The summed E-state index contributed by atoms with van der Waals surface area (Å²) >= 11 is 0. The molecule has 1 fully saturated rings. The van der Waals surface area contributed by atoms with Crippen molar-refractivity contribution in [2.24, 2.45) is 0 Å². The predicted octanol–water partition coefficient (Wildman–Crippen LogP) is 4.87. The summed E-state index contributed by atoms with van der Waals surface area (Å²) in [6, 6.07) is 16.5. The van der Waals surface area contributed by atoms with Crippen LogP contribution >= 0.6 is 0 Å². The Labute approximate surface area is 220 Å². The van der Waals surface area contributed by atoms with E-state index in [0.717, 1.165) is 63.1 Å². The van der Waals surface area contributed by atoms with E-state index in [4.69, 9.17) is 14.5 Å². The highest BCUT2D eigenvalue weighted by Crippen LogP contribution is 2.30. The molecule has 0 bridgehead atoms. The zero-order valence-electron chi connectivity index (χ0n) is 22.5. The molecule has 200 valence electrons. The molecule has 0 aliphatic carbocycles. The van der Waals surface area contributed by atoms with Crippen LogP contribution < -0.4 is 0 Å². The van der Waals surface area contributed by atoms with Gasteiger partial charge in [-0.1, -0.05) is 36.4 Å². The Hall–Kier alpha value is -2.74. The number of aliphatic carboxylic acids is 1. The lowest BCUT2D eigenvalue weighted by Crippen LogP contribution is -2.35. The second-order valence-corrected chi connectivity index (χ2v) is 10.4. The summed E-state index contributed by atoms with van der Waals surface area (Å²) in [4.78, 5) is 19.1. The van der Waals surface area contributed by atoms with Crippen LogP contribution in [0.5, 0.6) is 0 Å². The number of hydrogen-bond donors (Lipinski definition) is 1. The molecular formula is C30H41N3O4. The van der Waals surface area contributed by atoms with E-state index in [0.29, 0.717) is 25.7 Å². The molecule has 0 saturated carbocycles. The number of carboxylic acids is 1. The highest BCUT2D eigenvalue weighted by molar-refractivity contribution is 5.80. The van der Waals surface area contributed by atoms with E-state index in [9.17, 15) is 9.90 Å². The third-order valence-corrected chi connectivity index (χ3v) is 7.60. The normalized spacial score (nSPS) is 15.4. The van der Waals surface area contributed by atoms with Gasteiger partial charge in [-0.2, -0.15) is 0 Å². The van der Waals surface area contributed by atoms with Gasteiger partial charge < -0.3 is 24.0 Å². The maximum absolute atomic E-state index is 11.5. The molecule has 1 aliphatic heterocycles. The number of likely N-dealkylation sites (tertiary alicyclic amines) is 1. The van der Waals surface area contributed by atoms with E-state index in [2.05, 4.69) is 45.9 Å². The van der Waals surface area contributed by atoms with Gasteiger partial charge >= 0.3 is 5.97 Å². The fraction of sp³-hybridized carbons (Fsp3) is 0.533. The predicted molar refractivity (Wildman–Crippen MR) is 146 cm³/mol. The molecule has 7 nitrogen and oxygen atoms in total. The Bertz CT molecular complexity index is 1150. The lowest BCUT2D eigenvalue weighted by atomic mass is 9.84. The maximum atomic E-state index is 11.5. The number of benzene rings is 2. The van der Waals surface area contributed by atoms with Crippen molar-refractivity contribution in [3.05, 3.63) is 65.5 Å². The maximum Gasteiger partial charge on any atom is 0.313 e. The summed E-state index contributed by atoms with van der Waals surface area (Å²) in [5, 5.41) is 9.46. The average Bonchev–Trinajstić information content (AvgIpc) is 3.28. The van der Waals surface area contributed by atoms with E-state index < -0.39 is 11.4 Å². The summed E-state index contributed by atoms with van der Waals surface area (Å²) in [6.07, 6.45) is 3.16. The molecule has 1 aromatic heterocycles. The van der Waals surface area contributed by atoms with Gasteiger partial charge in [-0.05, 0) is 76.4 Å². The van der Waals surface area contributed by atoms with Crippen LogP contribution in [0.4, 0.5) is 0 Å². The van der Waals surface area contributed by atoms with Crippen LogP contribution in [0.15, 0.2) is 48.5 Å². The number of hydrogen-bond acceptors (Lipinski definition) is 5. The SMILES string of the molecule is CCOCCOCCn1c(C2CCN(CCc3ccc(C(C)(C)C(=O)O)cc3)CC2)nc2ccccc21. The molecule has 0 spiro atoms. The van der Waals surface area contributed by atoms with Crippen molar-refractivity contribution in [2.45, 2.75) is 57.9 Å². The molecule has 0 atom stereocenters. The number of carbonyl (C=O) groups is 1. The Kier molecular flexibility index (Phi) is 9.35. The number of carboxylic acid groups (broad SMARTS) is 1. The topological polar surface area (TPSA) is 76.8 Å². The first-order valence-electron chi connectivity index (χ1n) is 13.6. The number of imidazole rings is 1. The van der Waals surface area contributed by atoms with E-state index >= 15 is 0 Å². The van der Waals surface area contributed by atoms with Crippen molar-refractivity contribution >= 4 is 17.0 Å². The third-order valence-electron chi connectivity index (χ3n) is 7.60. The fourth-order valence-electron chi connectivity index (χ4n) is 5.07. The Morgan fingerprint density at radius 1 is 1.00 bits per heavy atom. The van der Waals surface area contributed by atoms with Crippen LogP contribution in [-0.2, 0) is 32.6 Å². The minimum Gasteiger partial charge on any atom is -0.481 e. The Morgan fingerprint density at radius 2 is 1.70 bits per heavy atom. The first kappa shape index (κ1) is 27.3. The number of fused-ring (bicyclic) bond motifs is 1. The van der Waals surface area contributed by atoms with Gasteiger partial charge in [0.15, 0.2) is 0 Å². The molecule has 37 heavy (non-hydrogen) atoms. The van der Waals surface area contributed by atoms with Crippen LogP contribution in [0.25, 0.3) is 11.0 Å². The van der Waals surface area contributed by atoms with Gasteiger partial charge in [0.1, 0.15) is 5.82 Å². The second-order valence-electron chi connectivity index (χ2n) is 10.4. The van der Waals surface area contributed by atoms with Gasteiger partial charge in [0.05, 0.1) is 36.3 Å². The molecule has 1 N–H and O–H groups in total. The highest BCUT2D eigenvalue weighted by atomic mass is 16.5. The molecule has 0 radical (unpaired) electrons. The summed E-state index contributed by atoms with van der Waals surface area (Å²) < 4.78 is 13.6. The molecule has 1 aliphatic rings. The largest absolute Gasteiger partial charge is 0.481 e. The first-order chi connectivity index (χ1) is 17.9. The summed E-state index contributed by atoms with van der Waals surface area (Å²) in [5.41, 5.74) is 3.46. The van der Waals surface area contributed by atoms with Gasteiger partial charge in [0.2, 0.25) is 0 Å². The average molecular weight is 508 g/mol. The third kappa shape index (κ3) is 6.78. The van der Waals surface area contributed by atoms with Crippen LogP contribution in [0.3, 0.4) is 0 Å². The fourth-order valence-corrected chi connectivity index (χ4v) is 5.07. The van der Waals surface area contributed by atoms with Crippen LogP contribution in [0.1, 0.15) is 56.5 Å². The number of piperidine rings is 1. The number of rotatable bonds is 13. The Morgan fingerprint density at radius 3 is 2.41 bits per heavy atom. The van der Waals surface area contributed by atoms with Crippen molar-refractivity contribution in [1.29, 1.82) is 0 Å². The molecule has 2 aromatic carbocycles. The zero-order valence-corrected chi connectivity index (χ0v) is 22.5. The van der Waals surface area contributed by atoms with Crippen LogP contribution in [0.2, 0.25) is 0 Å². The van der Waals surface area contributed by atoms with E-state index in [1.807, 2.05) is 19.1 Å². The number of nitrogens with zero attached hydrogens (tertiary/aromatic N) is 3. The molecule has 4 rings (SSSR count). The lowest BCUT2D eigenvalue weighted by molar-refractivity contribution is -0.142. The van der Waals surface area contributed by atoms with Gasteiger partial charge in [0, 0.05) is 25.6 Å². The van der Waals surface area contributed by atoms with E-state index in [1.54, 1.807) is 13.8 Å². The number of para-hydroxylation sites is 2. The van der Waals surface area contributed by atoms with E-state index in [-0.39, 0.29) is 0 Å². The van der Waals surface area contributed by atoms with E-state index in [1.165, 1.54) is 16.9 Å². The second kappa shape index (κ2) is 12.7. The molecular weight excluding hydrogens is 466 g/mol. The quantitative estimate of drug-likeness (QED) is 0.333. The molecule has 3 aromatic rings. The van der Waals surface area contributed by atoms with Crippen LogP contribution in [0, 0.1) is 0 Å². The minimum atomic E-state index is -0.869. The summed E-state index contributed by atoms with van der Waals surface area (Å²) in [6.45, 7) is 12.1. The van der Waals surface area contributed by atoms with Crippen molar-refractivity contribution < 1.29 is 19.4 Å². The first-order valence-corrected chi connectivity index (χ1v) is 13.6. The van der Waals surface area contributed by atoms with Gasteiger partial charge in [-0.3, -0.25) is 4.79 Å². The van der Waals surface area contributed by atoms with Crippen molar-refractivity contribution in [1.82, 2.24) is 14.5 Å². The van der Waals surface area contributed by atoms with Crippen molar-refractivity contribution in [2.75, 3.05) is 46.1 Å². The smallest absolute Gasteiger partial charge is 0.313 e.